The van der Waals surface area contributed by atoms with Crippen LogP contribution in [0.3, 0.4) is 0 Å². The highest BCUT2D eigenvalue weighted by Gasteiger charge is 2.42. The first-order valence-electron chi connectivity index (χ1n) is 9.56. The van der Waals surface area contributed by atoms with Gasteiger partial charge >= 0.3 is 6.09 Å². The summed E-state index contributed by atoms with van der Waals surface area (Å²) in [7, 11) is 1.65. The van der Waals surface area contributed by atoms with Crippen LogP contribution in [0, 0.1) is 10.8 Å². The number of allylic oxidation sites excluding steroid dienone is 4. The molecule has 3 rings (SSSR count). The van der Waals surface area contributed by atoms with Crippen LogP contribution >= 0.6 is 18.8 Å². The molecule has 10 heteroatoms. The third kappa shape index (κ3) is 4.92. The maximum atomic E-state index is 12.8. The van der Waals surface area contributed by atoms with Gasteiger partial charge in [0, 0.05) is 24.4 Å². The standard InChI is InChI=1S/C19H29N2O5PS2/c1-7-21(27(28)24-12-18(2,3)13-25-27)29-20(6)17(22)26-16-15-14(9-8-10-23-15)11-19(16,4)5/h8-10H,7,11-13H2,1-6H3. The molecule has 0 spiro atoms. The minimum Gasteiger partial charge on any atom is -0.461 e. The van der Waals surface area contributed by atoms with Crippen molar-refractivity contribution in [2.75, 3.05) is 26.8 Å². The summed E-state index contributed by atoms with van der Waals surface area (Å²) >= 11 is 6.85. The molecule has 0 aromatic heterocycles. The van der Waals surface area contributed by atoms with Gasteiger partial charge in [0.25, 0.3) is 6.64 Å². The molecule has 0 aromatic rings. The Labute approximate surface area is 182 Å². The van der Waals surface area contributed by atoms with Crippen LogP contribution in [0.15, 0.2) is 35.5 Å². The first-order chi connectivity index (χ1) is 13.5. The molecule has 2 heterocycles. The van der Waals surface area contributed by atoms with Crippen molar-refractivity contribution in [1.29, 1.82) is 0 Å². The Morgan fingerprint density at radius 1 is 1.31 bits per heavy atom. The zero-order valence-corrected chi connectivity index (χ0v) is 20.3. The number of rotatable bonds is 5. The molecule has 7 nitrogen and oxygen atoms in total. The summed E-state index contributed by atoms with van der Waals surface area (Å²) in [5.74, 6) is 1.17. The minimum atomic E-state index is -2.66. The van der Waals surface area contributed by atoms with Crippen molar-refractivity contribution in [2.45, 2.75) is 41.0 Å². The summed E-state index contributed by atoms with van der Waals surface area (Å²) in [6.45, 7) is 9.13. The molecule has 162 valence electrons. The Kier molecular flexibility index (Phi) is 6.59. The van der Waals surface area contributed by atoms with Crippen molar-refractivity contribution in [3.05, 3.63) is 35.5 Å². The molecule has 1 fully saturated rings. The van der Waals surface area contributed by atoms with Gasteiger partial charge < -0.3 is 18.5 Å². The van der Waals surface area contributed by atoms with Crippen molar-refractivity contribution >= 4 is 36.7 Å². The summed E-state index contributed by atoms with van der Waals surface area (Å²) in [5, 5.41) is 0. The fourth-order valence-corrected chi connectivity index (χ4v) is 7.23. The van der Waals surface area contributed by atoms with E-state index in [0.717, 1.165) is 12.0 Å². The van der Waals surface area contributed by atoms with Crippen LogP contribution in [0.5, 0.6) is 0 Å². The second-order valence-electron chi connectivity index (χ2n) is 8.65. The maximum Gasteiger partial charge on any atom is 0.425 e. The number of fused-ring (bicyclic) bond motifs is 1. The second-order valence-corrected chi connectivity index (χ2v) is 13.4. The van der Waals surface area contributed by atoms with Crippen molar-refractivity contribution in [3.63, 3.8) is 0 Å². The molecule has 2 aliphatic heterocycles. The predicted octanol–water partition coefficient (Wildman–Crippen LogP) is 5.35. The van der Waals surface area contributed by atoms with E-state index < -0.39 is 12.7 Å². The summed E-state index contributed by atoms with van der Waals surface area (Å²) in [6, 6.07) is 0. The van der Waals surface area contributed by atoms with Gasteiger partial charge in [-0.25, -0.2) is 9.10 Å². The number of carbonyl (C=O) groups is 1. The van der Waals surface area contributed by atoms with Gasteiger partial charge in [-0.3, -0.25) is 0 Å². The van der Waals surface area contributed by atoms with Crippen LogP contribution in [-0.4, -0.2) is 41.3 Å². The summed E-state index contributed by atoms with van der Waals surface area (Å²) in [6.07, 6.45) is 5.69. The largest absolute Gasteiger partial charge is 0.461 e. The average Bonchev–Trinajstić information content (AvgIpc) is 2.92. The number of hydrogen-bond acceptors (Lipinski definition) is 7. The smallest absolute Gasteiger partial charge is 0.425 e. The average molecular weight is 461 g/mol. The van der Waals surface area contributed by atoms with Crippen LogP contribution in [0.1, 0.15) is 41.0 Å². The molecule has 0 radical (unpaired) electrons. The van der Waals surface area contributed by atoms with Crippen LogP contribution in [0.25, 0.3) is 0 Å². The molecular formula is C19H29N2O5PS2. The Hall–Kier alpha value is -0.830. The van der Waals surface area contributed by atoms with Crippen LogP contribution in [0.4, 0.5) is 4.79 Å². The number of hydrogen-bond donors (Lipinski definition) is 0. The quantitative estimate of drug-likeness (QED) is 0.402. The second kappa shape index (κ2) is 8.36. The number of carbonyl (C=O) groups excluding carboxylic acids is 1. The molecule has 0 aromatic carbocycles. The molecule has 29 heavy (non-hydrogen) atoms. The Balaban J connectivity index is 1.68. The van der Waals surface area contributed by atoms with E-state index in [-0.39, 0.29) is 10.8 Å². The normalized spacial score (nSPS) is 24.0. The lowest BCUT2D eigenvalue weighted by molar-refractivity contribution is 0.0506. The highest BCUT2D eigenvalue weighted by atomic mass is 32.5. The topological polar surface area (TPSA) is 60.5 Å². The molecule has 3 aliphatic rings. The lowest BCUT2D eigenvalue weighted by Crippen LogP contribution is -2.34. The van der Waals surface area contributed by atoms with E-state index in [0.29, 0.717) is 31.3 Å². The zero-order chi connectivity index (χ0) is 21.4. The first kappa shape index (κ1) is 22.8. The van der Waals surface area contributed by atoms with E-state index in [1.165, 1.54) is 16.4 Å². The third-order valence-electron chi connectivity index (χ3n) is 4.75. The number of amides is 1. The van der Waals surface area contributed by atoms with Crippen LogP contribution in [0.2, 0.25) is 0 Å². The van der Waals surface area contributed by atoms with Gasteiger partial charge in [-0.15, -0.1) is 0 Å². The van der Waals surface area contributed by atoms with E-state index in [9.17, 15) is 4.79 Å². The first-order valence-corrected chi connectivity index (χ1v) is 12.9. The van der Waals surface area contributed by atoms with Crippen LogP contribution in [-0.2, 0) is 30.3 Å². The lowest BCUT2D eigenvalue weighted by atomic mass is 9.90. The van der Waals surface area contributed by atoms with Gasteiger partial charge in [0.15, 0.2) is 11.5 Å². The van der Waals surface area contributed by atoms with Crippen molar-refractivity contribution in [2.24, 2.45) is 10.8 Å². The highest BCUT2D eigenvalue weighted by Crippen LogP contribution is 2.60. The predicted molar refractivity (Wildman–Crippen MR) is 118 cm³/mol. The molecule has 1 amide bonds. The molecule has 0 unspecified atom stereocenters. The molecule has 0 saturated carbocycles. The Morgan fingerprint density at radius 3 is 2.59 bits per heavy atom. The SMILES string of the molecule is CCN(SN(C)C(=O)OC1=C2OC=CC=C2CC1(C)C)P1(=S)OCC(C)(C)CO1. The van der Waals surface area contributed by atoms with Crippen LogP contribution < -0.4 is 0 Å². The third-order valence-corrected chi connectivity index (χ3v) is 9.73. The van der Waals surface area contributed by atoms with Gasteiger partial charge in [-0.1, -0.05) is 40.7 Å². The van der Waals surface area contributed by atoms with Crippen molar-refractivity contribution < 1.29 is 23.3 Å². The summed E-state index contributed by atoms with van der Waals surface area (Å²) < 4.78 is 26.5. The van der Waals surface area contributed by atoms with E-state index in [4.69, 9.17) is 30.3 Å². The Morgan fingerprint density at radius 2 is 1.97 bits per heavy atom. The lowest BCUT2D eigenvalue weighted by Gasteiger charge is -2.41. The summed E-state index contributed by atoms with van der Waals surface area (Å²) in [5.41, 5.74) is 0.637. The number of ether oxygens (including phenoxy) is 2. The van der Waals surface area contributed by atoms with E-state index >= 15 is 0 Å². The molecular weight excluding hydrogens is 431 g/mol. The van der Waals surface area contributed by atoms with Crippen molar-refractivity contribution in [1.82, 2.24) is 8.38 Å². The molecule has 0 N–H and O–H groups in total. The van der Waals surface area contributed by atoms with Crippen molar-refractivity contribution in [3.8, 4) is 0 Å². The van der Waals surface area contributed by atoms with E-state index in [2.05, 4.69) is 13.8 Å². The van der Waals surface area contributed by atoms with Gasteiger partial charge in [-0.2, -0.15) is 4.08 Å². The highest BCUT2D eigenvalue weighted by molar-refractivity contribution is 8.15. The van der Waals surface area contributed by atoms with Gasteiger partial charge in [0.2, 0.25) is 0 Å². The maximum absolute atomic E-state index is 12.8. The fraction of sp³-hybridized carbons (Fsp3) is 0.632. The zero-order valence-electron chi connectivity index (χ0n) is 17.8. The molecule has 1 aliphatic carbocycles. The molecule has 0 bridgehead atoms. The molecule has 1 saturated heterocycles. The van der Waals surface area contributed by atoms with Gasteiger partial charge in [0.1, 0.15) is 0 Å². The summed E-state index contributed by atoms with van der Waals surface area (Å²) in [4.78, 5) is 12.8. The van der Waals surface area contributed by atoms with Gasteiger partial charge in [-0.05, 0) is 29.9 Å². The monoisotopic (exact) mass is 460 g/mol. The molecule has 0 atom stereocenters. The Bertz CT molecular complexity index is 807. The van der Waals surface area contributed by atoms with E-state index in [1.54, 1.807) is 13.3 Å². The minimum absolute atomic E-state index is 0.0706. The fourth-order valence-electron chi connectivity index (χ4n) is 3.12. The van der Waals surface area contributed by atoms with Gasteiger partial charge in [0.05, 0.1) is 31.6 Å². The van der Waals surface area contributed by atoms with E-state index in [1.807, 2.05) is 37.0 Å². The number of nitrogens with zero attached hydrogens (tertiary/aromatic N) is 2.